The van der Waals surface area contributed by atoms with Crippen molar-refractivity contribution in [2.24, 2.45) is 11.8 Å². The minimum atomic E-state index is -0.310. The first kappa shape index (κ1) is 20.7. The molecule has 154 valence electrons. The van der Waals surface area contributed by atoms with E-state index in [9.17, 15) is 9.59 Å². The number of anilines is 3. The summed E-state index contributed by atoms with van der Waals surface area (Å²) in [6, 6.07) is 13.4. The monoisotopic (exact) mass is 395 g/mol. The Kier molecular flexibility index (Phi) is 6.42. The van der Waals surface area contributed by atoms with Crippen molar-refractivity contribution in [1.82, 2.24) is 0 Å². The smallest absolute Gasteiger partial charge is 0.228 e. The van der Waals surface area contributed by atoms with Gasteiger partial charge in [-0.15, -0.1) is 0 Å². The molecule has 0 aliphatic heterocycles. The van der Waals surface area contributed by atoms with Gasteiger partial charge in [-0.25, -0.2) is 0 Å². The molecule has 0 radical (unpaired) electrons. The third-order valence-electron chi connectivity index (χ3n) is 5.34. The van der Waals surface area contributed by atoms with Crippen LogP contribution < -0.4 is 20.3 Å². The summed E-state index contributed by atoms with van der Waals surface area (Å²) in [5.41, 5.74) is 3.54. The summed E-state index contributed by atoms with van der Waals surface area (Å²) < 4.78 is 5.30. The van der Waals surface area contributed by atoms with Crippen molar-refractivity contribution in [2.45, 2.75) is 27.2 Å². The molecule has 2 N–H and O–H groups in total. The average Bonchev–Trinajstić information content (AvgIpc) is 3.51. The van der Waals surface area contributed by atoms with Gasteiger partial charge in [0.05, 0.1) is 24.6 Å². The van der Waals surface area contributed by atoms with E-state index in [1.54, 1.807) is 7.11 Å². The van der Waals surface area contributed by atoms with Gasteiger partial charge in [0, 0.05) is 24.5 Å². The van der Waals surface area contributed by atoms with Crippen LogP contribution in [0.3, 0.4) is 0 Å². The molecule has 2 atom stereocenters. The maximum absolute atomic E-state index is 12.6. The Morgan fingerprint density at radius 2 is 1.62 bits per heavy atom. The maximum Gasteiger partial charge on any atom is 0.228 e. The molecule has 0 saturated heterocycles. The lowest BCUT2D eigenvalue weighted by atomic mass is 10.2. The fraction of sp³-hybridized carbons (Fsp3) is 0.391. The van der Waals surface area contributed by atoms with Gasteiger partial charge in [-0.3, -0.25) is 9.59 Å². The van der Waals surface area contributed by atoms with E-state index in [4.69, 9.17) is 4.74 Å². The summed E-state index contributed by atoms with van der Waals surface area (Å²) >= 11 is 0. The first-order valence-corrected chi connectivity index (χ1v) is 10.1. The van der Waals surface area contributed by atoms with E-state index >= 15 is 0 Å². The molecule has 1 aliphatic rings. The minimum absolute atomic E-state index is 0.114. The van der Waals surface area contributed by atoms with Crippen molar-refractivity contribution in [2.75, 3.05) is 35.7 Å². The molecule has 1 aliphatic carbocycles. The van der Waals surface area contributed by atoms with Gasteiger partial charge >= 0.3 is 0 Å². The molecule has 2 aromatic carbocycles. The molecule has 1 saturated carbocycles. The van der Waals surface area contributed by atoms with Gasteiger partial charge in [0.15, 0.2) is 0 Å². The zero-order valence-electron chi connectivity index (χ0n) is 17.5. The van der Waals surface area contributed by atoms with E-state index < -0.39 is 0 Å². The Morgan fingerprint density at radius 1 is 1.00 bits per heavy atom. The van der Waals surface area contributed by atoms with Crippen LogP contribution in [0.2, 0.25) is 0 Å². The van der Waals surface area contributed by atoms with Crippen LogP contribution in [-0.4, -0.2) is 32.0 Å². The van der Waals surface area contributed by atoms with E-state index in [1.165, 1.54) is 0 Å². The molecule has 0 spiro atoms. The van der Waals surface area contributed by atoms with E-state index in [-0.39, 0.29) is 23.7 Å². The van der Waals surface area contributed by atoms with Crippen LogP contribution in [0.5, 0.6) is 5.75 Å². The molecule has 0 aromatic heterocycles. The number of methoxy groups -OCH3 is 1. The third-order valence-corrected chi connectivity index (χ3v) is 5.34. The first-order chi connectivity index (χ1) is 14.0. The second-order valence-corrected chi connectivity index (χ2v) is 7.35. The van der Waals surface area contributed by atoms with Gasteiger partial charge in [-0.1, -0.05) is 6.07 Å². The number of aryl methyl sites for hydroxylation is 1. The van der Waals surface area contributed by atoms with Gasteiger partial charge in [0.2, 0.25) is 11.8 Å². The predicted molar refractivity (Wildman–Crippen MR) is 117 cm³/mol. The number of carbonyl (C=O) groups excluding carboxylic acids is 2. The van der Waals surface area contributed by atoms with Crippen LogP contribution in [0.25, 0.3) is 0 Å². The lowest BCUT2D eigenvalue weighted by Gasteiger charge is -2.21. The average molecular weight is 396 g/mol. The van der Waals surface area contributed by atoms with Gasteiger partial charge < -0.3 is 20.3 Å². The van der Waals surface area contributed by atoms with E-state index in [0.717, 1.165) is 30.0 Å². The van der Waals surface area contributed by atoms with E-state index in [0.29, 0.717) is 17.9 Å². The fourth-order valence-electron chi connectivity index (χ4n) is 3.50. The molecule has 2 unspecified atom stereocenters. The minimum Gasteiger partial charge on any atom is -0.495 e. The van der Waals surface area contributed by atoms with E-state index in [1.807, 2.05) is 49.4 Å². The van der Waals surface area contributed by atoms with Gasteiger partial charge in [-0.05, 0) is 69.2 Å². The van der Waals surface area contributed by atoms with Crippen LogP contribution >= 0.6 is 0 Å². The summed E-state index contributed by atoms with van der Waals surface area (Å²) in [5, 5.41) is 5.82. The summed E-state index contributed by atoms with van der Waals surface area (Å²) in [7, 11) is 1.57. The number of hydrogen-bond acceptors (Lipinski definition) is 4. The quantitative estimate of drug-likeness (QED) is 0.707. The number of rotatable bonds is 8. The van der Waals surface area contributed by atoms with Crippen molar-refractivity contribution < 1.29 is 14.3 Å². The third kappa shape index (κ3) is 4.88. The standard InChI is InChI=1S/C23H29N3O3/c1-5-26(6-2)17-10-8-16(9-11-17)24-22(27)18-14-19(18)23(28)25-20-13-15(3)7-12-21(20)29-4/h7-13,18-19H,5-6,14H2,1-4H3,(H,24,27)(H,25,28). The molecule has 29 heavy (non-hydrogen) atoms. The van der Waals surface area contributed by atoms with Crippen molar-refractivity contribution in [3.8, 4) is 5.75 Å². The fourth-order valence-corrected chi connectivity index (χ4v) is 3.50. The van der Waals surface area contributed by atoms with Crippen LogP contribution in [-0.2, 0) is 9.59 Å². The predicted octanol–water partition coefficient (Wildman–Crippen LogP) is 4.06. The van der Waals surface area contributed by atoms with Gasteiger partial charge in [-0.2, -0.15) is 0 Å². The number of ether oxygens (including phenoxy) is 1. The number of benzene rings is 2. The molecular weight excluding hydrogens is 366 g/mol. The largest absolute Gasteiger partial charge is 0.495 e. The second kappa shape index (κ2) is 8.99. The zero-order chi connectivity index (χ0) is 21.0. The van der Waals surface area contributed by atoms with E-state index in [2.05, 4.69) is 29.4 Å². The number of nitrogens with zero attached hydrogens (tertiary/aromatic N) is 1. The highest BCUT2D eigenvalue weighted by atomic mass is 16.5. The molecule has 2 aromatic rings. The topological polar surface area (TPSA) is 70.7 Å². The summed E-state index contributed by atoms with van der Waals surface area (Å²) in [4.78, 5) is 27.3. The van der Waals surface area contributed by atoms with Crippen LogP contribution in [0, 0.1) is 18.8 Å². The highest BCUT2D eigenvalue weighted by Crippen LogP contribution is 2.41. The summed E-state index contributed by atoms with van der Waals surface area (Å²) in [5.74, 6) is -0.259. The Balaban J connectivity index is 1.56. The highest BCUT2D eigenvalue weighted by molar-refractivity contribution is 6.03. The Labute approximate surface area is 172 Å². The van der Waals surface area contributed by atoms with Crippen molar-refractivity contribution >= 4 is 28.9 Å². The normalized spacial score (nSPS) is 17.4. The number of carbonyl (C=O) groups is 2. The summed E-state index contributed by atoms with van der Waals surface area (Å²) in [6.07, 6.45) is 0.559. The van der Waals surface area contributed by atoms with Crippen molar-refractivity contribution in [3.05, 3.63) is 48.0 Å². The number of amides is 2. The lowest BCUT2D eigenvalue weighted by Crippen LogP contribution is -2.22. The van der Waals surface area contributed by atoms with Crippen LogP contribution in [0.15, 0.2) is 42.5 Å². The van der Waals surface area contributed by atoms with Crippen LogP contribution in [0.1, 0.15) is 25.8 Å². The maximum atomic E-state index is 12.6. The summed E-state index contributed by atoms with van der Waals surface area (Å²) in [6.45, 7) is 8.06. The molecule has 0 bridgehead atoms. The Hall–Kier alpha value is -3.02. The number of nitrogens with one attached hydrogen (secondary N) is 2. The second-order valence-electron chi connectivity index (χ2n) is 7.35. The number of hydrogen-bond donors (Lipinski definition) is 2. The van der Waals surface area contributed by atoms with Crippen LogP contribution in [0.4, 0.5) is 17.1 Å². The van der Waals surface area contributed by atoms with Gasteiger partial charge in [0.1, 0.15) is 5.75 Å². The lowest BCUT2D eigenvalue weighted by molar-refractivity contribution is -0.122. The van der Waals surface area contributed by atoms with Crippen molar-refractivity contribution in [1.29, 1.82) is 0 Å². The highest BCUT2D eigenvalue weighted by Gasteiger charge is 2.48. The molecular formula is C23H29N3O3. The SMILES string of the molecule is CCN(CC)c1ccc(NC(=O)C2CC2C(=O)Nc2cc(C)ccc2OC)cc1. The molecule has 6 nitrogen and oxygen atoms in total. The Bertz CT molecular complexity index is 875. The molecule has 3 rings (SSSR count). The molecule has 0 heterocycles. The first-order valence-electron chi connectivity index (χ1n) is 10.1. The van der Waals surface area contributed by atoms with Gasteiger partial charge in [0.25, 0.3) is 0 Å². The zero-order valence-corrected chi connectivity index (χ0v) is 17.5. The molecule has 2 amide bonds. The molecule has 6 heteroatoms. The molecule has 1 fully saturated rings. The van der Waals surface area contributed by atoms with Crippen molar-refractivity contribution in [3.63, 3.8) is 0 Å². The Morgan fingerprint density at radius 3 is 2.21 bits per heavy atom.